The quantitative estimate of drug-likeness (QED) is 0.309. The predicted octanol–water partition coefficient (Wildman–Crippen LogP) is 3.79. The van der Waals surface area contributed by atoms with Crippen molar-refractivity contribution in [1.82, 2.24) is 25.3 Å². The van der Waals surface area contributed by atoms with Gasteiger partial charge in [0.05, 0.1) is 0 Å². The maximum atomic E-state index is 5.93. The number of nitrogens with one attached hydrogen (secondary N) is 1. The summed E-state index contributed by atoms with van der Waals surface area (Å²) < 4.78 is 5.38. The van der Waals surface area contributed by atoms with E-state index in [4.69, 9.17) is 16.1 Å². The molecule has 0 amide bonds. The molecule has 1 saturated heterocycles. The molecule has 0 bridgehead atoms. The average molecular weight is 547 g/mol. The summed E-state index contributed by atoms with van der Waals surface area (Å²) in [4.78, 5) is 13.8. The molecule has 1 atom stereocenters. The molecule has 166 valence electrons. The lowest BCUT2D eigenvalue weighted by Gasteiger charge is -2.24. The number of hydrogen-bond donors (Lipinski definition) is 1. The number of likely N-dealkylation sites (tertiary alicyclic amines) is 1. The number of guanidine groups is 1. The maximum absolute atomic E-state index is 5.93. The first kappa shape index (κ1) is 24.9. The molecule has 0 spiro atoms. The van der Waals surface area contributed by atoms with Crippen molar-refractivity contribution in [2.75, 3.05) is 46.3 Å². The fourth-order valence-electron chi connectivity index (χ4n) is 3.71. The highest BCUT2D eigenvalue weighted by Crippen LogP contribution is 2.19. The molecular weight excluding hydrogens is 515 g/mol. The molecule has 2 heterocycles. The average Bonchev–Trinajstić information content (AvgIpc) is 3.40. The minimum atomic E-state index is 0. The van der Waals surface area contributed by atoms with E-state index >= 15 is 0 Å². The van der Waals surface area contributed by atoms with E-state index < -0.39 is 0 Å². The van der Waals surface area contributed by atoms with Crippen molar-refractivity contribution in [3.05, 3.63) is 35.2 Å². The van der Waals surface area contributed by atoms with Gasteiger partial charge in [-0.3, -0.25) is 4.99 Å². The largest absolute Gasteiger partial charge is 0.356 e. The number of benzene rings is 1. The third-order valence-electron chi connectivity index (χ3n) is 5.40. The summed E-state index contributed by atoms with van der Waals surface area (Å²) in [6.07, 6.45) is 1.86. The highest BCUT2D eigenvalue weighted by atomic mass is 127. The van der Waals surface area contributed by atoms with E-state index in [1.165, 1.54) is 6.42 Å². The number of aromatic nitrogens is 2. The Hall–Kier alpha value is -1.39. The molecule has 0 aliphatic carbocycles. The molecule has 0 radical (unpaired) electrons. The first-order valence-corrected chi connectivity index (χ1v) is 10.8. The summed E-state index contributed by atoms with van der Waals surface area (Å²) >= 11 is 5.93. The van der Waals surface area contributed by atoms with Crippen molar-refractivity contribution in [3.63, 3.8) is 0 Å². The summed E-state index contributed by atoms with van der Waals surface area (Å²) in [5, 5.41) is 8.19. The molecule has 1 aromatic carbocycles. The third-order valence-corrected chi connectivity index (χ3v) is 5.65. The highest BCUT2D eigenvalue weighted by molar-refractivity contribution is 14.0. The van der Waals surface area contributed by atoms with Crippen LogP contribution in [-0.4, -0.2) is 72.2 Å². The molecule has 2 aromatic rings. The molecule has 30 heavy (non-hydrogen) atoms. The molecule has 7 nitrogen and oxygen atoms in total. The van der Waals surface area contributed by atoms with Crippen LogP contribution in [-0.2, 0) is 6.42 Å². The summed E-state index contributed by atoms with van der Waals surface area (Å²) in [5.74, 6) is 2.84. The van der Waals surface area contributed by atoms with Gasteiger partial charge in [0.1, 0.15) is 0 Å². The Kier molecular flexibility index (Phi) is 10.3. The van der Waals surface area contributed by atoms with Gasteiger partial charge in [-0.2, -0.15) is 4.98 Å². The van der Waals surface area contributed by atoms with Crippen LogP contribution in [0.4, 0.5) is 0 Å². The normalized spacial score (nSPS) is 16.8. The van der Waals surface area contributed by atoms with E-state index in [2.05, 4.69) is 44.1 Å². The fourth-order valence-corrected chi connectivity index (χ4v) is 3.83. The predicted molar refractivity (Wildman–Crippen MR) is 133 cm³/mol. The standard InChI is InChI=1S/C21H31ClN6O.HI/c1-4-27(5-2)14-16-11-13-28(15-16)21(23-3)24-12-10-19-25-20(26-29-19)17-6-8-18(22)9-7-17;/h6-9,16H,4-5,10-15H2,1-3H3,(H,23,24);1H. The van der Waals surface area contributed by atoms with Gasteiger partial charge in [0.25, 0.3) is 0 Å². The Balaban J connectivity index is 0.00000320. The van der Waals surface area contributed by atoms with Crippen molar-refractivity contribution < 1.29 is 4.52 Å². The molecule has 3 rings (SSSR count). The number of hydrogen-bond acceptors (Lipinski definition) is 5. The molecule has 1 unspecified atom stereocenters. The Bertz CT molecular complexity index is 793. The zero-order valence-corrected chi connectivity index (χ0v) is 21.1. The zero-order chi connectivity index (χ0) is 20.6. The summed E-state index contributed by atoms with van der Waals surface area (Å²) in [6.45, 7) is 10.6. The Morgan fingerprint density at radius 1 is 1.30 bits per heavy atom. The van der Waals surface area contributed by atoms with Gasteiger partial charge < -0.3 is 19.6 Å². The minimum Gasteiger partial charge on any atom is -0.356 e. The van der Waals surface area contributed by atoms with Crippen LogP contribution in [0.2, 0.25) is 5.02 Å². The molecule has 1 aliphatic heterocycles. The van der Waals surface area contributed by atoms with Crippen molar-refractivity contribution in [2.24, 2.45) is 10.9 Å². The highest BCUT2D eigenvalue weighted by Gasteiger charge is 2.25. The Morgan fingerprint density at radius 3 is 2.70 bits per heavy atom. The third kappa shape index (κ3) is 6.81. The fraction of sp³-hybridized carbons (Fsp3) is 0.571. The summed E-state index contributed by atoms with van der Waals surface area (Å²) in [7, 11) is 1.84. The van der Waals surface area contributed by atoms with Crippen molar-refractivity contribution in [2.45, 2.75) is 26.7 Å². The van der Waals surface area contributed by atoms with Crippen LogP contribution in [0.15, 0.2) is 33.8 Å². The lowest BCUT2D eigenvalue weighted by Crippen LogP contribution is -2.41. The van der Waals surface area contributed by atoms with Crippen molar-refractivity contribution in [3.8, 4) is 11.4 Å². The molecule has 1 N–H and O–H groups in total. The monoisotopic (exact) mass is 546 g/mol. The van der Waals surface area contributed by atoms with Crippen LogP contribution >= 0.6 is 35.6 Å². The second-order valence-electron chi connectivity index (χ2n) is 7.33. The Morgan fingerprint density at radius 2 is 2.03 bits per heavy atom. The molecule has 1 aliphatic rings. The van der Waals surface area contributed by atoms with E-state index in [0.29, 0.717) is 35.6 Å². The van der Waals surface area contributed by atoms with E-state index in [1.807, 2.05) is 31.3 Å². The second-order valence-corrected chi connectivity index (χ2v) is 7.77. The van der Waals surface area contributed by atoms with Crippen molar-refractivity contribution in [1.29, 1.82) is 0 Å². The van der Waals surface area contributed by atoms with Gasteiger partial charge in [-0.15, -0.1) is 24.0 Å². The second kappa shape index (κ2) is 12.5. The summed E-state index contributed by atoms with van der Waals surface area (Å²) in [6, 6.07) is 7.42. The van der Waals surface area contributed by atoms with E-state index in [9.17, 15) is 0 Å². The van der Waals surface area contributed by atoms with Gasteiger partial charge in [0, 0.05) is 50.2 Å². The van der Waals surface area contributed by atoms with E-state index in [1.54, 1.807) is 0 Å². The van der Waals surface area contributed by atoms with Crippen LogP contribution in [0.5, 0.6) is 0 Å². The first-order chi connectivity index (χ1) is 14.1. The molecule has 0 saturated carbocycles. The lowest BCUT2D eigenvalue weighted by atomic mass is 10.1. The number of rotatable bonds is 8. The van der Waals surface area contributed by atoms with Gasteiger partial charge in [0.2, 0.25) is 11.7 Å². The van der Waals surface area contributed by atoms with E-state index in [-0.39, 0.29) is 24.0 Å². The topological polar surface area (TPSA) is 69.8 Å². The molecule has 1 aromatic heterocycles. The van der Waals surface area contributed by atoms with Crippen LogP contribution < -0.4 is 5.32 Å². The van der Waals surface area contributed by atoms with E-state index in [0.717, 1.165) is 44.2 Å². The van der Waals surface area contributed by atoms with Crippen LogP contribution in [0.3, 0.4) is 0 Å². The minimum absolute atomic E-state index is 0. The van der Waals surface area contributed by atoms with Crippen LogP contribution in [0.1, 0.15) is 26.2 Å². The van der Waals surface area contributed by atoms with Crippen molar-refractivity contribution >= 4 is 41.5 Å². The smallest absolute Gasteiger partial charge is 0.228 e. The van der Waals surface area contributed by atoms with Crippen LogP contribution in [0, 0.1) is 5.92 Å². The number of aliphatic imine (C=N–C) groups is 1. The number of halogens is 2. The van der Waals surface area contributed by atoms with Gasteiger partial charge >= 0.3 is 0 Å². The molecule has 1 fully saturated rings. The SMILES string of the molecule is CCN(CC)CC1CCN(C(=NC)NCCc2nc(-c3ccc(Cl)cc3)no2)C1.I. The Labute approximate surface area is 201 Å². The molecule has 9 heteroatoms. The molecular formula is C21H32ClIN6O. The van der Waals surface area contributed by atoms with Crippen LogP contribution in [0.25, 0.3) is 11.4 Å². The number of nitrogens with zero attached hydrogens (tertiary/aromatic N) is 5. The maximum Gasteiger partial charge on any atom is 0.228 e. The summed E-state index contributed by atoms with van der Waals surface area (Å²) in [5.41, 5.74) is 0.893. The van der Waals surface area contributed by atoms with Gasteiger partial charge in [-0.1, -0.05) is 30.6 Å². The van der Waals surface area contributed by atoms with Gasteiger partial charge in [0.15, 0.2) is 5.96 Å². The first-order valence-electron chi connectivity index (χ1n) is 10.4. The van der Waals surface area contributed by atoms with Gasteiger partial charge in [-0.05, 0) is 49.7 Å². The lowest BCUT2D eigenvalue weighted by molar-refractivity contribution is 0.255. The zero-order valence-electron chi connectivity index (χ0n) is 18.0. The van der Waals surface area contributed by atoms with Gasteiger partial charge in [-0.25, -0.2) is 0 Å².